The van der Waals surface area contributed by atoms with Gasteiger partial charge in [-0.2, -0.15) is 0 Å². The fourth-order valence-corrected chi connectivity index (χ4v) is 3.38. The molecule has 122 valence electrons. The molecule has 0 fully saturated rings. The van der Waals surface area contributed by atoms with Crippen molar-refractivity contribution in [1.82, 2.24) is 5.32 Å². The van der Waals surface area contributed by atoms with Crippen LogP contribution in [0.2, 0.25) is 0 Å². The first-order chi connectivity index (χ1) is 11.0. The summed E-state index contributed by atoms with van der Waals surface area (Å²) in [7, 11) is 0. The average Bonchev–Trinajstić information content (AvgIpc) is 3.10. The van der Waals surface area contributed by atoms with Crippen LogP contribution in [0, 0.1) is 0 Å². The molecule has 1 aromatic heterocycles. The maximum atomic E-state index is 11.9. The molecule has 1 aliphatic rings. The van der Waals surface area contributed by atoms with Crippen molar-refractivity contribution in [2.24, 2.45) is 0 Å². The van der Waals surface area contributed by atoms with Crippen molar-refractivity contribution in [1.29, 1.82) is 0 Å². The number of benzene rings is 1. The van der Waals surface area contributed by atoms with E-state index in [9.17, 15) is 4.79 Å². The lowest BCUT2D eigenvalue weighted by atomic mass is 10.0. The van der Waals surface area contributed by atoms with Crippen LogP contribution >= 0.6 is 11.3 Å². The summed E-state index contributed by atoms with van der Waals surface area (Å²) in [6.07, 6.45) is 1.70. The molecule has 0 unspecified atom stereocenters. The van der Waals surface area contributed by atoms with E-state index in [2.05, 4.69) is 11.4 Å². The Morgan fingerprint density at radius 2 is 2.22 bits per heavy atom. The number of rotatable bonds is 6. The smallest absolute Gasteiger partial charge is 0.257 e. The van der Waals surface area contributed by atoms with Gasteiger partial charge >= 0.3 is 0 Å². The molecule has 0 saturated carbocycles. The minimum Gasteiger partial charge on any atom is -0.483 e. The Kier molecular flexibility index (Phi) is 4.57. The largest absolute Gasteiger partial charge is 0.483 e. The number of hydrogen-bond donors (Lipinski definition) is 1. The molecule has 1 amide bonds. The van der Waals surface area contributed by atoms with Crippen molar-refractivity contribution in [3.8, 4) is 11.5 Å². The molecular formula is C18H21NO3S. The van der Waals surface area contributed by atoms with Crippen molar-refractivity contribution in [3.63, 3.8) is 0 Å². The third kappa shape index (κ3) is 4.05. The summed E-state index contributed by atoms with van der Waals surface area (Å²) in [5, 5.41) is 4.92. The Hall–Kier alpha value is -2.01. The van der Waals surface area contributed by atoms with Crippen molar-refractivity contribution < 1.29 is 14.3 Å². The maximum absolute atomic E-state index is 11.9. The van der Waals surface area contributed by atoms with Gasteiger partial charge in [0.05, 0.1) is 0 Å². The highest BCUT2D eigenvalue weighted by Gasteiger charge is 2.32. The second kappa shape index (κ2) is 6.62. The third-order valence-corrected chi connectivity index (χ3v) is 4.62. The number of thiophene rings is 1. The molecule has 0 saturated heterocycles. The Labute approximate surface area is 140 Å². The Morgan fingerprint density at radius 3 is 3.00 bits per heavy atom. The van der Waals surface area contributed by atoms with Gasteiger partial charge in [0, 0.05) is 23.4 Å². The number of ether oxygens (including phenoxy) is 2. The lowest BCUT2D eigenvalue weighted by molar-refractivity contribution is -0.123. The van der Waals surface area contributed by atoms with Crippen molar-refractivity contribution in [2.75, 3.05) is 13.2 Å². The van der Waals surface area contributed by atoms with E-state index in [4.69, 9.17) is 9.47 Å². The highest BCUT2D eigenvalue weighted by Crippen LogP contribution is 2.41. The molecule has 0 radical (unpaired) electrons. The summed E-state index contributed by atoms with van der Waals surface area (Å²) < 4.78 is 11.6. The summed E-state index contributed by atoms with van der Waals surface area (Å²) in [5.41, 5.74) is 0.913. The van der Waals surface area contributed by atoms with Gasteiger partial charge in [0.2, 0.25) is 0 Å². The molecule has 5 heteroatoms. The van der Waals surface area contributed by atoms with Crippen molar-refractivity contribution >= 4 is 17.2 Å². The fraction of sp³-hybridized carbons (Fsp3) is 0.389. The Bertz CT molecular complexity index is 680. The molecule has 1 aromatic carbocycles. The highest BCUT2D eigenvalue weighted by atomic mass is 32.1. The van der Waals surface area contributed by atoms with Crippen LogP contribution in [0.5, 0.6) is 11.5 Å². The van der Waals surface area contributed by atoms with E-state index in [1.54, 1.807) is 11.3 Å². The van der Waals surface area contributed by atoms with E-state index < -0.39 is 0 Å². The normalized spacial score (nSPS) is 14.9. The quantitative estimate of drug-likeness (QED) is 0.884. The molecule has 2 heterocycles. The molecule has 4 nitrogen and oxygen atoms in total. The number of carbonyl (C=O) groups is 1. The van der Waals surface area contributed by atoms with Crippen LogP contribution < -0.4 is 14.8 Å². The third-order valence-electron chi connectivity index (χ3n) is 3.69. The molecule has 23 heavy (non-hydrogen) atoms. The van der Waals surface area contributed by atoms with Gasteiger partial charge in [-0.25, -0.2) is 0 Å². The van der Waals surface area contributed by atoms with E-state index in [0.29, 0.717) is 12.3 Å². The van der Waals surface area contributed by atoms with E-state index in [1.807, 2.05) is 43.5 Å². The molecular weight excluding hydrogens is 310 g/mol. The van der Waals surface area contributed by atoms with Crippen LogP contribution in [0.15, 0.2) is 35.7 Å². The van der Waals surface area contributed by atoms with E-state index >= 15 is 0 Å². The molecule has 0 spiro atoms. The first-order valence-corrected chi connectivity index (χ1v) is 8.64. The Morgan fingerprint density at radius 1 is 1.35 bits per heavy atom. The fourth-order valence-electron chi connectivity index (χ4n) is 2.68. The number of para-hydroxylation sites is 1. The van der Waals surface area contributed by atoms with Crippen LogP contribution in [-0.4, -0.2) is 24.7 Å². The van der Waals surface area contributed by atoms with Gasteiger partial charge in [-0.15, -0.1) is 11.3 Å². The zero-order chi connectivity index (χ0) is 16.3. The summed E-state index contributed by atoms with van der Waals surface area (Å²) in [6, 6.07) is 9.91. The molecule has 0 atom stereocenters. The molecule has 0 bridgehead atoms. The average molecular weight is 331 g/mol. The second-order valence-corrected chi connectivity index (χ2v) is 7.28. The van der Waals surface area contributed by atoms with Gasteiger partial charge in [0.1, 0.15) is 5.60 Å². The van der Waals surface area contributed by atoms with Gasteiger partial charge in [-0.05, 0) is 37.8 Å². The zero-order valence-corrected chi connectivity index (χ0v) is 14.2. The molecule has 0 aliphatic carbocycles. The lowest BCUT2D eigenvalue weighted by Crippen LogP contribution is -2.30. The first-order valence-electron chi connectivity index (χ1n) is 7.76. The van der Waals surface area contributed by atoms with Gasteiger partial charge in [0.15, 0.2) is 18.1 Å². The highest BCUT2D eigenvalue weighted by molar-refractivity contribution is 7.09. The van der Waals surface area contributed by atoms with Crippen LogP contribution in [0.4, 0.5) is 0 Å². The summed E-state index contributed by atoms with van der Waals surface area (Å²) in [6.45, 7) is 4.73. The number of carbonyl (C=O) groups excluding carboxylic acids is 1. The number of amides is 1. The first kappa shape index (κ1) is 15.9. The predicted octanol–water partition coefficient (Wildman–Crippen LogP) is 3.20. The van der Waals surface area contributed by atoms with E-state index in [-0.39, 0.29) is 18.1 Å². The summed E-state index contributed by atoms with van der Waals surface area (Å²) in [5.74, 6) is 1.29. The zero-order valence-electron chi connectivity index (χ0n) is 13.4. The van der Waals surface area contributed by atoms with Gasteiger partial charge < -0.3 is 14.8 Å². The van der Waals surface area contributed by atoms with Crippen LogP contribution in [0.3, 0.4) is 0 Å². The number of fused-ring (bicyclic) bond motifs is 1. The molecule has 1 aliphatic heterocycles. The monoisotopic (exact) mass is 331 g/mol. The summed E-state index contributed by atoms with van der Waals surface area (Å²) in [4.78, 5) is 13.2. The van der Waals surface area contributed by atoms with Crippen LogP contribution in [0.25, 0.3) is 0 Å². The topological polar surface area (TPSA) is 47.6 Å². The minimum atomic E-state index is -0.217. The SMILES string of the molecule is CC1(C)Cc2cccc(OCC(=O)NCCc3cccs3)c2O1. The van der Waals surface area contributed by atoms with Gasteiger partial charge in [0.25, 0.3) is 5.91 Å². The lowest BCUT2D eigenvalue weighted by Gasteiger charge is -2.18. The van der Waals surface area contributed by atoms with Gasteiger partial charge in [-0.3, -0.25) is 4.79 Å². The maximum Gasteiger partial charge on any atom is 0.257 e. The number of hydrogen-bond acceptors (Lipinski definition) is 4. The Balaban J connectivity index is 1.49. The van der Waals surface area contributed by atoms with Crippen LogP contribution in [0.1, 0.15) is 24.3 Å². The number of nitrogens with one attached hydrogen (secondary N) is 1. The van der Waals surface area contributed by atoms with E-state index in [1.165, 1.54) is 4.88 Å². The van der Waals surface area contributed by atoms with Crippen molar-refractivity contribution in [3.05, 3.63) is 46.2 Å². The van der Waals surface area contributed by atoms with Crippen LogP contribution in [-0.2, 0) is 17.6 Å². The van der Waals surface area contributed by atoms with Crippen molar-refractivity contribution in [2.45, 2.75) is 32.3 Å². The second-order valence-electron chi connectivity index (χ2n) is 6.25. The van der Waals surface area contributed by atoms with Gasteiger partial charge in [-0.1, -0.05) is 18.2 Å². The van der Waals surface area contributed by atoms with E-state index in [0.717, 1.165) is 24.2 Å². The minimum absolute atomic E-state index is 0.00465. The molecule has 3 rings (SSSR count). The molecule has 2 aromatic rings. The standard InChI is InChI=1S/C18H21NO3S/c1-18(2)11-13-5-3-7-15(17(13)22-18)21-12-16(20)19-9-8-14-6-4-10-23-14/h3-7,10H,8-9,11-12H2,1-2H3,(H,19,20). The molecule has 1 N–H and O–H groups in total. The summed E-state index contributed by atoms with van der Waals surface area (Å²) >= 11 is 1.70. The predicted molar refractivity (Wildman–Crippen MR) is 91.4 cm³/mol.